The molecule has 8 heteroatoms. The van der Waals surface area contributed by atoms with E-state index in [0.717, 1.165) is 21.3 Å². The summed E-state index contributed by atoms with van der Waals surface area (Å²) in [5.74, 6) is -0.397. The Morgan fingerprint density at radius 2 is 1.82 bits per heavy atom. The van der Waals surface area contributed by atoms with E-state index in [0.29, 0.717) is 27.8 Å². The Kier molecular flexibility index (Phi) is 6.67. The number of aryl methyl sites for hydroxylation is 1. The Morgan fingerprint density at radius 1 is 1.03 bits per heavy atom. The number of ketones is 1. The summed E-state index contributed by atoms with van der Waals surface area (Å²) in [7, 11) is 3.14. The van der Waals surface area contributed by atoms with Crippen LogP contribution in [0.4, 0.5) is 5.13 Å². The van der Waals surface area contributed by atoms with Gasteiger partial charge in [-0.1, -0.05) is 43.4 Å². The molecule has 0 spiro atoms. The zero-order chi connectivity index (χ0) is 27.1. The van der Waals surface area contributed by atoms with E-state index in [4.69, 9.17) is 9.47 Å². The van der Waals surface area contributed by atoms with Gasteiger partial charge in [-0.3, -0.25) is 14.5 Å². The SMILES string of the molecule is COc1cccc(C2/C(=C(\O)c3ccc(OC)c(C(C)C)c3)C(=O)C(=O)N2c2nc3ccc(C)cc3s2)c1. The minimum absolute atomic E-state index is 0.00133. The van der Waals surface area contributed by atoms with E-state index in [1.165, 1.54) is 16.2 Å². The predicted octanol–water partition coefficient (Wildman–Crippen LogP) is 6.37. The molecular weight excluding hydrogens is 500 g/mol. The molecular formula is C30H28N2O5S. The van der Waals surface area contributed by atoms with Gasteiger partial charge in [0.25, 0.3) is 5.78 Å². The maximum absolute atomic E-state index is 13.6. The zero-order valence-electron chi connectivity index (χ0n) is 21.8. The molecule has 7 nitrogen and oxygen atoms in total. The van der Waals surface area contributed by atoms with Gasteiger partial charge in [-0.05, 0) is 72.0 Å². The minimum atomic E-state index is -0.892. The molecule has 38 heavy (non-hydrogen) atoms. The van der Waals surface area contributed by atoms with Crippen LogP contribution in [0.1, 0.15) is 48.1 Å². The number of rotatable bonds is 6. The molecule has 0 saturated carbocycles. The molecule has 1 amide bonds. The van der Waals surface area contributed by atoms with E-state index in [1.54, 1.807) is 50.6 Å². The van der Waals surface area contributed by atoms with Crippen molar-refractivity contribution in [3.63, 3.8) is 0 Å². The van der Waals surface area contributed by atoms with E-state index in [2.05, 4.69) is 4.98 Å². The number of aliphatic hydroxyl groups excluding tert-OH is 1. The minimum Gasteiger partial charge on any atom is -0.507 e. The van der Waals surface area contributed by atoms with E-state index in [1.807, 2.05) is 45.0 Å². The summed E-state index contributed by atoms with van der Waals surface area (Å²) in [4.78, 5) is 33.2. The molecule has 2 heterocycles. The number of aromatic nitrogens is 1. The number of methoxy groups -OCH3 is 2. The number of Topliss-reactive ketones (excluding diaryl/α,β-unsaturated/α-hetero) is 1. The van der Waals surface area contributed by atoms with Crippen molar-refractivity contribution in [1.82, 2.24) is 4.98 Å². The average Bonchev–Trinajstić information content (AvgIpc) is 3.45. The van der Waals surface area contributed by atoms with Crippen LogP contribution < -0.4 is 14.4 Å². The fraction of sp³-hybridized carbons (Fsp3) is 0.233. The predicted molar refractivity (Wildman–Crippen MR) is 149 cm³/mol. The topological polar surface area (TPSA) is 89.0 Å². The highest BCUT2D eigenvalue weighted by Gasteiger charge is 2.48. The van der Waals surface area contributed by atoms with Crippen LogP contribution in [0.15, 0.2) is 66.2 Å². The third-order valence-electron chi connectivity index (χ3n) is 6.72. The zero-order valence-corrected chi connectivity index (χ0v) is 22.6. The molecule has 194 valence electrons. The van der Waals surface area contributed by atoms with E-state index in [9.17, 15) is 14.7 Å². The Bertz CT molecular complexity index is 1600. The molecule has 1 unspecified atom stereocenters. The first-order valence-corrected chi connectivity index (χ1v) is 13.1. The lowest BCUT2D eigenvalue weighted by atomic mass is 9.93. The molecule has 1 fully saturated rings. The highest BCUT2D eigenvalue weighted by atomic mass is 32.1. The van der Waals surface area contributed by atoms with Gasteiger partial charge in [-0.25, -0.2) is 4.98 Å². The Hall–Kier alpha value is -4.17. The maximum atomic E-state index is 13.6. The van der Waals surface area contributed by atoms with Crippen LogP contribution in [0, 0.1) is 6.92 Å². The molecule has 1 aromatic heterocycles. The second-order valence-corrected chi connectivity index (χ2v) is 10.5. The molecule has 1 N–H and O–H groups in total. The van der Waals surface area contributed by atoms with Gasteiger partial charge in [-0.2, -0.15) is 0 Å². The molecule has 0 radical (unpaired) electrons. The highest BCUT2D eigenvalue weighted by Crippen LogP contribution is 2.45. The van der Waals surface area contributed by atoms with E-state index in [-0.39, 0.29) is 17.3 Å². The number of amides is 1. The molecule has 1 aliphatic heterocycles. The normalized spacial score (nSPS) is 17.0. The summed E-state index contributed by atoms with van der Waals surface area (Å²) in [6, 6.07) is 17.4. The van der Waals surface area contributed by atoms with Crippen molar-refractivity contribution in [2.24, 2.45) is 0 Å². The second-order valence-electron chi connectivity index (χ2n) is 9.52. The summed E-state index contributed by atoms with van der Waals surface area (Å²) in [5, 5.41) is 12.0. The standard InChI is InChI=1S/C30H28N2O5S/c1-16(2)21-15-19(10-12-23(21)37-5)27(33)25-26(18-7-6-8-20(14-18)36-4)32(29(35)28(25)34)30-31-22-11-9-17(3)13-24(22)38-30/h6-16,26,33H,1-5H3/b27-25+. The largest absolute Gasteiger partial charge is 0.507 e. The number of carbonyl (C=O) groups excluding carboxylic acids is 2. The lowest BCUT2D eigenvalue weighted by Gasteiger charge is -2.23. The van der Waals surface area contributed by atoms with E-state index < -0.39 is 17.7 Å². The maximum Gasteiger partial charge on any atom is 0.301 e. The molecule has 4 aromatic rings. The van der Waals surface area contributed by atoms with Gasteiger partial charge in [0.1, 0.15) is 17.3 Å². The molecule has 0 bridgehead atoms. The number of fused-ring (bicyclic) bond motifs is 1. The molecule has 1 saturated heterocycles. The average molecular weight is 529 g/mol. The molecule has 1 aliphatic rings. The first-order chi connectivity index (χ1) is 18.2. The molecule has 1 atom stereocenters. The number of thiazole rings is 1. The number of carbonyl (C=O) groups is 2. The van der Waals surface area contributed by atoms with Gasteiger partial charge in [0.05, 0.1) is 36.1 Å². The van der Waals surface area contributed by atoms with Crippen molar-refractivity contribution in [2.75, 3.05) is 19.1 Å². The fourth-order valence-electron chi connectivity index (χ4n) is 4.77. The van der Waals surface area contributed by atoms with Crippen LogP contribution in [-0.2, 0) is 9.59 Å². The summed E-state index contributed by atoms with van der Waals surface area (Å²) in [6.07, 6.45) is 0. The van der Waals surface area contributed by atoms with Gasteiger partial charge in [0, 0.05) is 5.56 Å². The molecule has 3 aromatic carbocycles. The van der Waals surface area contributed by atoms with Crippen LogP contribution in [0.5, 0.6) is 11.5 Å². The van der Waals surface area contributed by atoms with Crippen molar-refractivity contribution < 1.29 is 24.2 Å². The quantitative estimate of drug-likeness (QED) is 0.178. The van der Waals surface area contributed by atoms with Crippen LogP contribution in [-0.4, -0.2) is 36.0 Å². The third-order valence-corrected chi connectivity index (χ3v) is 7.74. The van der Waals surface area contributed by atoms with Crippen molar-refractivity contribution in [3.8, 4) is 11.5 Å². The highest BCUT2D eigenvalue weighted by molar-refractivity contribution is 7.22. The monoisotopic (exact) mass is 528 g/mol. The lowest BCUT2D eigenvalue weighted by Crippen LogP contribution is -2.29. The number of ether oxygens (including phenoxy) is 2. The van der Waals surface area contributed by atoms with Crippen molar-refractivity contribution in [1.29, 1.82) is 0 Å². The number of anilines is 1. The van der Waals surface area contributed by atoms with Gasteiger partial charge in [0.15, 0.2) is 5.13 Å². The number of hydrogen-bond acceptors (Lipinski definition) is 7. The first-order valence-electron chi connectivity index (χ1n) is 12.2. The summed E-state index contributed by atoms with van der Waals surface area (Å²) >= 11 is 1.33. The van der Waals surface area contributed by atoms with Crippen molar-refractivity contribution >= 4 is 44.1 Å². The smallest absolute Gasteiger partial charge is 0.301 e. The fourth-order valence-corrected chi connectivity index (χ4v) is 5.86. The van der Waals surface area contributed by atoms with E-state index >= 15 is 0 Å². The van der Waals surface area contributed by atoms with Crippen LogP contribution >= 0.6 is 11.3 Å². The van der Waals surface area contributed by atoms with Gasteiger partial charge in [-0.15, -0.1) is 0 Å². The molecule has 0 aliphatic carbocycles. The summed E-state index contributed by atoms with van der Waals surface area (Å²) in [5.41, 5.74) is 3.74. The summed E-state index contributed by atoms with van der Waals surface area (Å²) in [6.45, 7) is 6.03. The van der Waals surface area contributed by atoms with Gasteiger partial charge < -0.3 is 14.6 Å². The van der Waals surface area contributed by atoms with Crippen LogP contribution in [0.3, 0.4) is 0 Å². The number of hydrogen-bond donors (Lipinski definition) is 1. The Balaban J connectivity index is 1.74. The van der Waals surface area contributed by atoms with Crippen molar-refractivity contribution in [3.05, 3.63) is 88.5 Å². The number of aliphatic hydroxyl groups is 1. The first kappa shape index (κ1) is 25.5. The number of benzene rings is 3. The van der Waals surface area contributed by atoms with Gasteiger partial charge in [0.2, 0.25) is 0 Å². The Labute approximate surface area is 225 Å². The third kappa shape index (κ3) is 4.31. The number of nitrogens with zero attached hydrogens (tertiary/aromatic N) is 2. The van der Waals surface area contributed by atoms with Gasteiger partial charge >= 0.3 is 5.91 Å². The second kappa shape index (κ2) is 9.95. The Morgan fingerprint density at radius 3 is 2.53 bits per heavy atom. The van der Waals surface area contributed by atoms with Crippen LogP contribution in [0.25, 0.3) is 16.0 Å². The molecule has 5 rings (SSSR count). The lowest BCUT2D eigenvalue weighted by molar-refractivity contribution is -0.132. The van der Waals surface area contributed by atoms with Crippen LogP contribution in [0.2, 0.25) is 0 Å². The summed E-state index contributed by atoms with van der Waals surface area (Å²) < 4.78 is 11.8. The van der Waals surface area contributed by atoms with Crippen molar-refractivity contribution in [2.45, 2.75) is 32.7 Å².